The van der Waals surface area contributed by atoms with Gasteiger partial charge in [0.25, 0.3) is 0 Å². The number of halogens is 1. The first-order chi connectivity index (χ1) is 10.1. The quantitative estimate of drug-likeness (QED) is 0.887. The van der Waals surface area contributed by atoms with E-state index in [4.69, 9.17) is 5.26 Å². The van der Waals surface area contributed by atoms with Crippen molar-refractivity contribution in [3.05, 3.63) is 71.0 Å². The number of hydrogen-bond acceptors (Lipinski definition) is 3. The normalized spacial score (nSPS) is 13.4. The lowest BCUT2D eigenvalue weighted by Gasteiger charge is -2.18. The van der Waals surface area contributed by atoms with E-state index < -0.39 is 6.10 Å². The predicted octanol–water partition coefficient (Wildman–Crippen LogP) is 3.08. The van der Waals surface area contributed by atoms with E-state index in [1.165, 1.54) is 6.07 Å². The van der Waals surface area contributed by atoms with E-state index in [1.54, 1.807) is 42.5 Å². The molecule has 108 valence electrons. The van der Waals surface area contributed by atoms with Gasteiger partial charge in [0.05, 0.1) is 17.7 Å². The Morgan fingerprint density at radius 1 is 1.19 bits per heavy atom. The van der Waals surface area contributed by atoms with Crippen molar-refractivity contribution in [2.45, 2.75) is 19.1 Å². The summed E-state index contributed by atoms with van der Waals surface area (Å²) >= 11 is 0. The van der Waals surface area contributed by atoms with E-state index in [-0.39, 0.29) is 11.9 Å². The molecule has 4 heteroatoms. The topological polar surface area (TPSA) is 56.0 Å². The van der Waals surface area contributed by atoms with Crippen molar-refractivity contribution in [1.29, 1.82) is 5.26 Å². The van der Waals surface area contributed by atoms with Crippen LogP contribution in [0.1, 0.15) is 35.8 Å². The van der Waals surface area contributed by atoms with Crippen molar-refractivity contribution in [2.24, 2.45) is 0 Å². The van der Waals surface area contributed by atoms with E-state index in [0.29, 0.717) is 17.7 Å². The molecule has 0 saturated heterocycles. The van der Waals surface area contributed by atoms with E-state index in [1.807, 2.05) is 13.0 Å². The van der Waals surface area contributed by atoms with Gasteiger partial charge in [-0.25, -0.2) is 4.39 Å². The van der Waals surface area contributed by atoms with Crippen molar-refractivity contribution in [3.63, 3.8) is 0 Å². The second-order valence-corrected chi connectivity index (χ2v) is 4.90. The van der Waals surface area contributed by atoms with Gasteiger partial charge in [-0.1, -0.05) is 30.3 Å². The molecule has 0 amide bonds. The highest BCUT2D eigenvalue weighted by Crippen LogP contribution is 2.18. The zero-order valence-corrected chi connectivity index (χ0v) is 11.8. The van der Waals surface area contributed by atoms with Crippen molar-refractivity contribution in [2.75, 3.05) is 6.54 Å². The van der Waals surface area contributed by atoms with Crippen molar-refractivity contribution >= 4 is 0 Å². The maximum atomic E-state index is 13.6. The zero-order chi connectivity index (χ0) is 15.2. The first-order valence-electron chi connectivity index (χ1n) is 6.77. The number of aliphatic hydroxyl groups excluding tert-OH is 1. The lowest BCUT2D eigenvalue weighted by atomic mass is 10.1. The maximum absolute atomic E-state index is 13.6. The second kappa shape index (κ2) is 6.98. The van der Waals surface area contributed by atoms with Gasteiger partial charge in [-0.2, -0.15) is 5.26 Å². The average Bonchev–Trinajstić information content (AvgIpc) is 2.52. The van der Waals surface area contributed by atoms with Crippen LogP contribution in [0.2, 0.25) is 0 Å². The molecule has 0 aliphatic rings. The molecule has 0 spiro atoms. The van der Waals surface area contributed by atoms with Gasteiger partial charge in [-0.3, -0.25) is 0 Å². The molecule has 2 atom stereocenters. The monoisotopic (exact) mass is 284 g/mol. The highest BCUT2D eigenvalue weighted by molar-refractivity contribution is 5.32. The van der Waals surface area contributed by atoms with Crippen LogP contribution >= 0.6 is 0 Å². The molecule has 0 aliphatic heterocycles. The van der Waals surface area contributed by atoms with Crippen LogP contribution in [-0.2, 0) is 0 Å². The highest BCUT2D eigenvalue weighted by atomic mass is 19.1. The third kappa shape index (κ3) is 3.88. The molecule has 0 bridgehead atoms. The molecule has 0 aromatic heterocycles. The summed E-state index contributed by atoms with van der Waals surface area (Å²) in [5.41, 5.74) is 1.85. The molecular weight excluding hydrogens is 267 g/mol. The summed E-state index contributed by atoms with van der Waals surface area (Å²) in [7, 11) is 0. The molecule has 2 aromatic carbocycles. The SMILES string of the molecule is C[C@@H](NCC(O)c1ccc(C#N)cc1)c1ccccc1F. The van der Waals surface area contributed by atoms with Crippen LogP contribution in [0.5, 0.6) is 0 Å². The number of aliphatic hydroxyl groups is 1. The molecular formula is C17H17FN2O. The van der Waals surface area contributed by atoms with E-state index in [2.05, 4.69) is 5.32 Å². The Morgan fingerprint density at radius 2 is 1.86 bits per heavy atom. The average molecular weight is 284 g/mol. The minimum absolute atomic E-state index is 0.195. The fourth-order valence-corrected chi connectivity index (χ4v) is 2.12. The predicted molar refractivity (Wildman–Crippen MR) is 78.9 cm³/mol. The van der Waals surface area contributed by atoms with Gasteiger partial charge >= 0.3 is 0 Å². The smallest absolute Gasteiger partial charge is 0.127 e. The molecule has 2 N–H and O–H groups in total. The number of nitrogens with one attached hydrogen (secondary N) is 1. The largest absolute Gasteiger partial charge is 0.387 e. The summed E-state index contributed by atoms with van der Waals surface area (Å²) in [5, 5.41) is 22.0. The summed E-state index contributed by atoms with van der Waals surface area (Å²) < 4.78 is 13.6. The van der Waals surface area contributed by atoms with Crippen molar-refractivity contribution < 1.29 is 9.50 Å². The van der Waals surface area contributed by atoms with E-state index >= 15 is 0 Å². The third-order valence-electron chi connectivity index (χ3n) is 3.41. The van der Waals surface area contributed by atoms with Gasteiger partial charge in [0, 0.05) is 18.2 Å². The highest BCUT2D eigenvalue weighted by Gasteiger charge is 2.13. The van der Waals surface area contributed by atoms with E-state index in [9.17, 15) is 9.50 Å². The molecule has 1 unspecified atom stereocenters. The molecule has 2 rings (SSSR count). The van der Waals surface area contributed by atoms with Gasteiger partial charge in [0.15, 0.2) is 0 Å². The minimum atomic E-state index is -0.702. The number of benzene rings is 2. The van der Waals surface area contributed by atoms with Crippen LogP contribution < -0.4 is 5.32 Å². The zero-order valence-electron chi connectivity index (χ0n) is 11.8. The summed E-state index contributed by atoms with van der Waals surface area (Å²) in [6.07, 6.45) is -0.702. The first kappa shape index (κ1) is 15.2. The number of nitriles is 1. The summed E-state index contributed by atoms with van der Waals surface area (Å²) in [6.45, 7) is 2.16. The number of rotatable bonds is 5. The van der Waals surface area contributed by atoms with Crippen LogP contribution in [0.25, 0.3) is 0 Å². The van der Waals surface area contributed by atoms with Crippen LogP contribution in [0.3, 0.4) is 0 Å². The first-order valence-corrected chi connectivity index (χ1v) is 6.77. The Balaban J connectivity index is 1.96. The van der Waals surface area contributed by atoms with Gasteiger partial charge in [-0.05, 0) is 30.7 Å². The van der Waals surface area contributed by atoms with Gasteiger partial charge < -0.3 is 10.4 Å². The Bertz CT molecular complexity index is 634. The molecule has 3 nitrogen and oxygen atoms in total. The van der Waals surface area contributed by atoms with Crippen LogP contribution in [0, 0.1) is 17.1 Å². The van der Waals surface area contributed by atoms with Crippen LogP contribution in [0.15, 0.2) is 48.5 Å². The molecule has 0 fully saturated rings. The minimum Gasteiger partial charge on any atom is -0.387 e. The Hall–Kier alpha value is -2.22. The standard InChI is InChI=1S/C17H17FN2O/c1-12(15-4-2-3-5-16(15)18)20-11-17(21)14-8-6-13(10-19)7-9-14/h2-9,12,17,20-21H,11H2,1H3/t12-,17?/m1/s1. The lowest BCUT2D eigenvalue weighted by molar-refractivity contribution is 0.170. The third-order valence-corrected chi connectivity index (χ3v) is 3.41. The van der Waals surface area contributed by atoms with Gasteiger partial charge in [0.2, 0.25) is 0 Å². The molecule has 21 heavy (non-hydrogen) atoms. The molecule has 0 heterocycles. The maximum Gasteiger partial charge on any atom is 0.127 e. The van der Waals surface area contributed by atoms with E-state index in [0.717, 1.165) is 5.56 Å². The Morgan fingerprint density at radius 3 is 2.48 bits per heavy atom. The fraction of sp³-hybridized carbons (Fsp3) is 0.235. The van der Waals surface area contributed by atoms with Crippen molar-refractivity contribution in [3.8, 4) is 6.07 Å². The number of nitrogens with zero attached hydrogens (tertiary/aromatic N) is 1. The lowest BCUT2D eigenvalue weighted by Crippen LogP contribution is -2.25. The van der Waals surface area contributed by atoms with Crippen LogP contribution in [-0.4, -0.2) is 11.7 Å². The molecule has 0 radical (unpaired) electrons. The van der Waals surface area contributed by atoms with Crippen molar-refractivity contribution in [1.82, 2.24) is 5.32 Å². The van der Waals surface area contributed by atoms with Crippen LogP contribution in [0.4, 0.5) is 4.39 Å². The second-order valence-electron chi connectivity index (χ2n) is 4.90. The molecule has 0 saturated carbocycles. The molecule has 2 aromatic rings. The summed E-state index contributed by atoms with van der Waals surface area (Å²) in [4.78, 5) is 0. The summed E-state index contributed by atoms with van der Waals surface area (Å²) in [5.74, 6) is -0.259. The molecule has 0 aliphatic carbocycles. The Labute approximate surface area is 123 Å². The van der Waals surface area contributed by atoms with Gasteiger partial charge in [0.1, 0.15) is 5.82 Å². The summed E-state index contributed by atoms with van der Waals surface area (Å²) in [6, 6.07) is 15.2. The Kier molecular flexibility index (Phi) is 5.04. The van der Waals surface area contributed by atoms with Gasteiger partial charge in [-0.15, -0.1) is 0 Å². The fourth-order valence-electron chi connectivity index (χ4n) is 2.12. The number of hydrogen-bond donors (Lipinski definition) is 2.